The summed E-state index contributed by atoms with van der Waals surface area (Å²) < 4.78 is 0. The van der Waals surface area contributed by atoms with Crippen LogP contribution in [0.2, 0.25) is 0 Å². The lowest BCUT2D eigenvalue weighted by atomic mass is 10.1. The number of guanidine groups is 1. The molecule has 0 atom stereocenters. The highest BCUT2D eigenvalue weighted by Gasteiger charge is 2.15. The molecule has 1 aliphatic rings. The maximum atomic E-state index is 11.9. The number of nitrogens with one attached hydrogen (secondary N) is 1. The van der Waals surface area contributed by atoms with E-state index in [-0.39, 0.29) is 5.91 Å². The van der Waals surface area contributed by atoms with Crippen LogP contribution in [0.5, 0.6) is 0 Å². The van der Waals surface area contributed by atoms with Gasteiger partial charge in [0.15, 0.2) is 5.96 Å². The zero-order valence-corrected chi connectivity index (χ0v) is 11.7. The number of nitrogens with two attached hydrogens (primary N) is 1. The Hall–Kier alpha value is -2.04. The third-order valence-electron chi connectivity index (χ3n) is 3.36. The van der Waals surface area contributed by atoms with Crippen molar-refractivity contribution in [2.45, 2.75) is 25.7 Å². The SMILES string of the molecule is NC(=NCCC(=O)N1CCCCC1)Nc1ccccc1. The van der Waals surface area contributed by atoms with Gasteiger partial charge < -0.3 is 16.0 Å². The van der Waals surface area contributed by atoms with E-state index in [0.29, 0.717) is 18.9 Å². The molecule has 1 amide bonds. The van der Waals surface area contributed by atoms with E-state index in [2.05, 4.69) is 10.3 Å². The number of carbonyl (C=O) groups is 1. The lowest BCUT2D eigenvalue weighted by Gasteiger charge is -2.26. The Morgan fingerprint density at radius 3 is 2.60 bits per heavy atom. The van der Waals surface area contributed by atoms with E-state index in [9.17, 15) is 4.79 Å². The second-order valence-electron chi connectivity index (χ2n) is 4.95. The van der Waals surface area contributed by atoms with Crippen molar-refractivity contribution >= 4 is 17.6 Å². The molecule has 1 aromatic carbocycles. The molecule has 1 fully saturated rings. The molecule has 1 heterocycles. The van der Waals surface area contributed by atoms with Gasteiger partial charge in [0.25, 0.3) is 0 Å². The number of amides is 1. The van der Waals surface area contributed by atoms with Gasteiger partial charge in [0.05, 0.1) is 6.54 Å². The summed E-state index contributed by atoms with van der Waals surface area (Å²) in [7, 11) is 0. The summed E-state index contributed by atoms with van der Waals surface area (Å²) in [5.74, 6) is 0.531. The van der Waals surface area contributed by atoms with Crippen LogP contribution in [0.4, 0.5) is 5.69 Å². The second-order valence-corrected chi connectivity index (χ2v) is 4.95. The highest BCUT2D eigenvalue weighted by Crippen LogP contribution is 2.09. The minimum absolute atomic E-state index is 0.181. The van der Waals surface area contributed by atoms with E-state index in [0.717, 1.165) is 31.6 Å². The van der Waals surface area contributed by atoms with Crippen molar-refractivity contribution in [1.29, 1.82) is 0 Å². The van der Waals surface area contributed by atoms with Crippen molar-refractivity contribution in [2.75, 3.05) is 25.0 Å². The molecule has 5 nitrogen and oxygen atoms in total. The van der Waals surface area contributed by atoms with E-state index in [1.54, 1.807) is 0 Å². The van der Waals surface area contributed by atoms with Gasteiger partial charge in [-0.3, -0.25) is 9.79 Å². The number of para-hydroxylation sites is 1. The number of likely N-dealkylation sites (tertiary alicyclic amines) is 1. The van der Waals surface area contributed by atoms with E-state index in [1.807, 2.05) is 35.2 Å². The first-order chi connectivity index (χ1) is 9.75. The molecular formula is C15H22N4O. The Balaban J connectivity index is 1.73. The molecule has 1 aliphatic heterocycles. The molecule has 2 rings (SSSR count). The van der Waals surface area contributed by atoms with Gasteiger partial charge in [0, 0.05) is 25.2 Å². The quantitative estimate of drug-likeness (QED) is 0.650. The Kier molecular flexibility index (Phi) is 5.41. The van der Waals surface area contributed by atoms with Crippen LogP contribution in [0.25, 0.3) is 0 Å². The van der Waals surface area contributed by atoms with Gasteiger partial charge in [0.2, 0.25) is 5.91 Å². The maximum Gasteiger partial charge on any atom is 0.224 e. The zero-order valence-electron chi connectivity index (χ0n) is 11.7. The lowest BCUT2D eigenvalue weighted by molar-refractivity contribution is -0.131. The van der Waals surface area contributed by atoms with Gasteiger partial charge in [-0.1, -0.05) is 18.2 Å². The summed E-state index contributed by atoms with van der Waals surface area (Å²) in [5.41, 5.74) is 6.68. The van der Waals surface area contributed by atoms with E-state index in [1.165, 1.54) is 6.42 Å². The van der Waals surface area contributed by atoms with Crippen LogP contribution in [-0.4, -0.2) is 36.4 Å². The Labute approximate surface area is 119 Å². The molecule has 1 aromatic rings. The summed E-state index contributed by atoms with van der Waals surface area (Å²) in [6.45, 7) is 2.21. The summed E-state index contributed by atoms with van der Waals surface area (Å²) in [6.07, 6.45) is 3.90. The number of piperidine rings is 1. The monoisotopic (exact) mass is 274 g/mol. The first kappa shape index (κ1) is 14.4. The fraction of sp³-hybridized carbons (Fsp3) is 0.467. The van der Waals surface area contributed by atoms with Gasteiger partial charge in [-0.2, -0.15) is 0 Å². The number of hydrogen-bond donors (Lipinski definition) is 2. The first-order valence-electron chi connectivity index (χ1n) is 7.15. The molecule has 3 N–H and O–H groups in total. The Morgan fingerprint density at radius 1 is 1.20 bits per heavy atom. The molecule has 20 heavy (non-hydrogen) atoms. The van der Waals surface area contributed by atoms with Crippen LogP contribution in [0, 0.1) is 0 Å². The predicted octanol–water partition coefficient (Wildman–Crippen LogP) is 1.82. The fourth-order valence-corrected chi connectivity index (χ4v) is 2.28. The second kappa shape index (κ2) is 7.53. The molecule has 1 saturated heterocycles. The molecule has 0 saturated carbocycles. The molecule has 5 heteroatoms. The number of carbonyl (C=O) groups excluding carboxylic acids is 1. The minimum Gasteiger partial charge on any atom is -0.370 e. The van der Waals surface area contributed by atoms with Crippen LogP contribution in [0.15, 0.2) is 35.3 Å². The molecule has 0 aliphatic carbocycles. The van der Waals surface area contributed by atoms with Crippen molar-refractivity contribution in [3.05, 3.63) is 30.3 Å². The summed E-state index contributed by atoms with van der Waals surface area (Å²) in [5, 5.41) is 3.00. The number of benzene rings is 1. The predicted molar refractivity (Wildman–Crippen MR) is 81.6 cm³/mol. The van der Waals surface area contributed by atoms with Crippen molar-refractivity contribution in [3.8, 4) is 0 Å². The zero-order chi connectivity index (χ0) is 14.2. The maximum absolute atomic E-state index is 11.9. The van der Waals surface area contributed by atoms with E-state index < -0.39 is 0 Å². The minimum atomic E-state index is 0.181. The van der Waals surface area contributed by atoms with Gasteiger partial charge in [0.1, 0.15) is 0 Å². The summed E-state index contributed by atoms with van der Waals surface area (Å²) in [6, 6.07) is 9.63. The van der Waals surface area contributed by atoms with Crippen molar-refractivity contribution in [2.24, 2.45) is 10.7 Å². The van der Waals surface area contributed by atoms with Gasteiger partial charge in [-0.05, 0) is 31.4 Å². The van der Waals surface area contributed by atoms with Crippen LogP contribution in [0.1, 0.15) is 25.7 Å². The third kappa shape index (κ3) is 4.57. The molecule has 0 spiro atoms. The summed E-state index contributed by atoms with van der Waals surface area (Å²) >= 11 is 0. The molecule has 0 bridgehead atoms. The average Bonchev–Trinajstić information content (AvgIpc) is 2.49. The lowest BCUT2D eigenvalue weighted by Crippen LogP contribution is -2.36. The normalized spacial score (nSPS) is 16.0. The van der Waals surface area contributed by atoms with Crippen molar-refractivity contribution in [1.82, 2.24) is 4.90 Å². The van der Waals surface area contributed by atoms with Crippen molar-refractivity contribution < 1.29 is 4.79 Å². The van der Waals surface area contributed by atoms with E-state index >= 15 is 0 Å². The number of rotatable bonds is 4. The van der Waals surface area contributed by atoms with Gasteiger partial charge >= 0.3 is 0 Å². The molecule has 0 aromatic heterocycles. The molecule has 0 unspecified atom stereocenters. The highest BCUT2D eigenvalue weighted by molar-refractivity contribution is 5.92. The number of aliphatic imine (C=N–C) groups is 1. The molecule has 0 radical (unpaired) electrons. The van der Waals surface area contributed by atoms with Crippen LogP contribution >= 0.6 is 0 Å². The van der Waals surface area contributed by atoms with Crippen LogP contribution in [0.3, 0.4) is 0 Å². The van der Waals surface area contributed by atoms with Crippen LogP contribution < -0.4 is 11.1 Å². The Bertz CT molecular complexity index is 452. The number of hydrogen-bond acceptors (Lipinski definition) is 2. The fourth-order valence-electron chi connectivity index (χ4n) is 2.28. The smallest absolute Gasteiger partial charge is 0.224 e. The van der Waals surface area contributed by atoms with Crippen molar-refractivity contribution in [3.63, 3.8) is 0 Å². The highest BCUT2D eigenvalue weighted by atomic mass is 16.2. The summed E-state index contributed by atoms with van der Waals surface area (Å²) in [4.78, 5) is 18.1. The molecule has 108 valence electrons. The topological polar surface area (TPSA) is 70.7 Å². The average molecular weight is 274 g/mol. The third-order valence-corrected chi connectivity index (χ3v) is 3.36. The van der Waals surface area contributed by atoms with E-state index in [4.69, 9.17) is 5.73 Å². The first-order valence-corrected chi connectivity index (χ1v) is 7.15. The van der Waals surface area contributed by atoms with Crippen LogP contribution in [-0.2, 0) is 4.79 Å². The Morgan fingerprint density at radius 2 is 1.90 bits per heavy atom. The van der Waals surface area contributed by atoms with Gasteiger partial charge in [-0.25, -0.2) is 0 Å². The molecular weight excluding hydrogens is 252 g/mol. The number of anilines is 1. The largest absolute Gasteiger partial charge is 0.370 e. The standard InChI is InChI=1S/C15H22N4O/c16-15(18-13-7-3-1-4-8-13)17-10-9-14(20)19-11-5-2-6-12-19/h1,3-4,7-8H,2,5-6,9-12H2,(H3,16,17,18). The van der Waals surface area contributed by atoms with Gasteiger partial charge in [-0.15, -0.1) is 0 Å². The number of nitrogens with zero attached hydrogens (tertiary/aromatic N) is 2.